The molecule has 2 fully saturated rings. The highest BCUT2D eigenvalue weighted by Crippen LogP contribution is 2.27. The summed E-state index contributed by atoms with van der Waals surface area (Å²) in [5.74, 6) is 0.603. The van der Waals surface area contributed by atoms with Crippen molar-refractivity contribution in [2.75, 3.05) is 24.6 Å². The number of amides is 1. The number of aromatic nitrogens is 1. The first-order valence-electron chi connectivity index (χ1n) is 10.1. The summed E-state index contributed by atoms with van der Waals surface area (Å²) in [7, 11) is 0. The van der Waals surface area contributed by atoms with Crippen LogP contribution in [0, 0.1) is 12.8 Å². The lowest BCUT2D eigenvalue weighted by molar-refractivity contribution is 0.0941. The highest BCUT2D eigenvalue weighted by molar-refractivity contribution is 5.99. The van der Waals surface area contributed by atoms with Crippen LogP contribution < -0.4 is 21.3 Å². The van der Waals surface area contributed by atoms with Crippen molar-refractivity contribution < 1.29 is 9.90 Å². The maximum atomic E-state index is 12.6. The molecule has 3 atom stereocenters. The minimum absolute atomic E-state index is 0.131. The van der Waals surface area contributed by atoms with Crippen LogP contribution in [0.25, 0.3) is 0 Å². The van der Waals surface area contributed by atoms with Crippen LogP contribution in [0.4, 0.5) is 5.82 Å². The van der Waals surface area contributed by atoms with Crippen molar-refractivity contribution in [1.29, 1.82) is 0 Å². The van der Waals surface area contributed by atoms with Crippen molar-refractivity contribution in [2.24, 2.45) is 11.7 Å². The predicted octanol–water partition coefficient (Wildman–Crippen LogP) is 1.14. The largest absolute Gasteiger partial charge is 0.396 e. The number of aliphatic hydroxyl groups is 1. The molecule has 7 nitrogen and oxygen atoms in total. The first-order valence-corrected chi connectivity index (χ1v) is 10.1. The number of hydrogen-bond donors (Lipinski definition) is 4. The summed E-state index contributed by atoms with van der Waals surface area (Å²) >= 11 is 0. The van der Waals surface area contributed by atoms with Gasteiger partial charge in [0, 0.05) is 43.9 Å². The zero-order valence-corrected chi connectivity index (χ0v) is 16.4. The van der Waals surface area contributed by atoms with E-state index in [4.69, 9.17) is 5.73 Å². The predicted molar refractivity (Wildman–Crippen MR) is 107 cm³/mol. The van der Waals surface area contributed by atoms with Crippen LogP contribution in [0.5, 0.6) is 0 Å². The molecular weight excluding hydrogens is 342 g/mol. The Morgan fingerprint density at radius 2 is 2.15 bits per heavy atom. The van der Waals surface area contributed by atoms with E-state index < -0.39 is 6.17 Å². The van der Waals surface area contributed by atoms with Gasteiger partial charge in [-0.3, -0.25) is 4.79 Å². The van der Waals surface area contributed by atoms with Gasteiger partial charge in [0.1, 0.15) is 5.82 Å². The van der Waals surface area contributed by atoms with E-state index in [1.807, 2.05) is 13.0 Å². The van der Waals surface area contributed by atoms with E-state index in [1.165, 1.54) is 25.7 Å². The molecule has 1 saturated heterocycles. The number of hydrogen-bond acceptors (Lipinski definition) is 6. The lowest BCUT2D eigenvalue weighted by atomic mass is 9.91. The molecule has 0 aromatic carbocycles. The number of aliphatic hydroxyl groups excluding tert-OH is 1. The fraction of sp³-hybridized carbons (Fsp3) is 0.700. The average molecular weight is 376 g/mol. The summed E-state index contributed by atoms with van der Waals surface area (Å²) in [4.78, 5) is 19.3. The smallest absolute Gasteiger partial charge is 0.256 e. The van der Waals surface area contributed by atoms with Gasteiger partial charge in [-0.2, -0.15) is 0 Å². The Kier molecular flexibility index (Phi) is 6.68. The van der Waals surface area contributed by atoms with E-state index in [1.54, 1.807) is 13.1 Å². The van der Waals surface area contributed by atoms with Gasteiger partial charge >= 0.3 is 0 Å². The van der Waals surface area contributed by atoms with Gasteiger partial charge in [0.05, 0.1) is 11.7 Å². The van der Waals surface area contributed by atoms with Crippen molar-refractivity contribution in [1.82, 2.24) is 15.6 Å². The molecule has 0 spiro atoms. The molecule has 1 aromatic rings. The van der Waals surface area contributed by atoms with Crippen molar-refractivity contribution in [3.8, 4) is 0 Å². The summed E-state index contributed by atoms with van der Waals surface area (Å²) in [6, 6.07) is 2.76. The molecule has 3 unspecified atom stereocenters. The molecule has 7 heteroatoms. The summed E-state index contributed by atoms with van der Waals surface area (Å²) in [5.41, 5.74) is 7.21. The number of carbonyl (C=O) groups excluding carboxylic acids is 1. The van der Waals surface area contributed by atoms with Crippen LogP contribution in [0.1, 0.15) is 54.9 Å². The molecule has 1 saturated carbocycles. The summed E-state index contributed by atoms with van der Waals surface area (Å²) in [5, 5.41) is 16.5. The third-order valence-corrected chi connectivity index (χ3v) is 5.68. The monoisotopic (exact) mass is 375 g/mol. The third kappa shape index (κ3) is 4.97. The molecule has 0 bridgehead atoms. The quantitative estimate of drug-likeness (QED) is 0.556. The first kappa shape index (κ1) is 20.0. The Hall–Kier alpha value is -1.70. The Balaban J connectivity index is 1.74. The number of piperidine rings is 1. The maximum absolute atomic E-state index is 12.6. The van der Waals surface area contributed by atoms with Crippen molar-refractivity contribution in [3.63, 3.8) is 0 Å². The fourth-order valence-electron chi connectivity index (χ4n) is 4.29. The van der Waals surface area contributed by atoms with Crippen LogP contribution in [-0.2, 0) is 0 Å². The minimum atomic E-state index is -0.419. The molecule has 2 heterocycles. The van der Waals surface area contributed by atoms with Crippen LogP contribution in [0.15, 0.2) is 12.3 Å². The van der Waals surface area contributed by atoms with Crippen molar-refractivity contribution in [3.05, 3.63) is 23.4 Å². The molecule has 3 rings (SSSR count). The second kappa shape index (κ2) is 8.99. The molecule has 1 aliphatic carbocycles. The van der Waals surface area contributed by atoms with Gasteiger partial charge in [0.25, 0.3) is 5.91 Å². The van der Waals surface area contributed by atoms with Crippen LogP contribution in [0.2, 0.25) is 0 Å². The number of anilines is 1. The Labute approximate surface area is 161 Å². The average Bonchev–Trinajstić information content (AvgIpc) is 3.14. The molecule has 2 aliphatic rings. The van der Waals surface area contributed by atoms with Gasteiger partial charge in [0.15, 0.2) is 0 Å². The summed E-state index contributed by atoms with van der Waals surface area (Å²) in [6.45, 7) is 5.30. The second-order valence-corrected chi connectivity index (χ2v) is 8.08. The summed E-state index contributed by atoms with van der Waals surface area (Å²) < 4.78 is 0. The minimum Gasteiger partial charge on any atom is -0.396 e. The van der Waals surface area contributed by atoms with Gasteiger partial charge < -0.3 is 26.4 Å². The lowest BCUT2D eigenvalue weighted by Gasteiger charge is -2.40. The van der Waals surface area contributed by atoms with Gasteiger partial charge in [-0.1, -0.05) is 12.8 Å². The highest BCUT2D eigenvalue weighted by atomic mass is 16.3. The van der Waals surface area contributed by atoms with Gasteiger partial charge in [-0.05, 0) is 44.7 Å². The number of rotatable bonds is 6. The first-order chi connectivity index (χ1) is 13.0. The zero-order chi connectivity index (χ0) is 19.4. The summed E-state index contributed by atoms with van der Waals surface area (Å²) in [6.07, 6.45) is 7.37. The number of aryl methyl sites for hydroxylation is 1. The standard InChI is InChI=1S/C20H33N5O2/c1-13-9-17(20(27)23-14(2)21)19(22-10-13)25-8-7-18(15(11-25)12-26)24-16-5-3-4-6-16/h9-10,14-16,18,24,26H,3-8,11-12,21H2,1-2H3,(H,23,27). The molecule has 27 heavy (non-hydrogen) atoms. The molecular formula is C20H33N5O2. The Bertz CT molecular complexity index is 645. The fourth-order valence-corrected chi connectivity index (χ4v) is 4.29. The van der Waals surface area contributed by atoms with Gasteiger partial charge in [0.2, 0.25) is 0 Å². The number of nitrogens with one attached hydrogen (secondary N) is 2. The Morgan fingerprint density at radius 3 is 2.81 bits per heavy atom. The number of pyridine rings is 1. The van der Waals surface area contributed by atoms with Gasteiger partial charge in [-0.25, -0.2) is 4.98 Å². The van der Waals surface area contributed by atoms with Crippen molar-refractivity contribution in [2.45, 2.75) is 64.2 Å². The maximum Gasteiger partial charge on any atom is 0.256 e. The van der Waals surface area contributed by atoms with Crippen molar-refractivity contribution >= 4 is 11.7 Å². The lowest BCUT2D eigenvalue weighted by Crippen LogP contribution is -2.53. The van der Waals surface area contributed by atoms with E-state index >= 15 is 0 Å². The molecule has 0 radical (unpaired) electrons. The zero-order valence-electron chi connectivity index (χ0n) is 16.4. The SMILES string of the molecule is Cc1cnc(N2CCC(NC3CCCC3)C(CO)C2)c(C(=O)NC(C)N)c1. The topological polar surface area (TPSA) is 104 Å². The van der Waals surface area contributed by atoms with E-state index in [2.05, 4.69) is 20.5 Å². The third-order valence-electron chi connectivity index (χ3n) is 5.68. The van der Waals surface area contributed by atoms with Crippen LogP contribution >= 0.6 is 0 Å². The van der Waals surface area contributed by atoms with E-state index in [0.29, 0.717) is 30.0 Å². The number of carbonyl (C=O) groups is 1. The molecule has 1 aromatic heterocycles. The number of nitrogens with two attached hydrogens (primary N) is 1. The molecule has 5 N–H and O–H groups in total. The highest BCUT2D eigenvalue weighted by Gasteiger charge is 2.33. The van der Waals surface area contributed by atoms with E-state index in [0.717, 1.165) is 18.5 Å². The van der Waals surface area contributed by atoms with Crippen LogP contribution in [0.3, 0.4) is 0 Å². The molecule has 1 aliphatic heterocycles. The molecule has 150 valence electrons. The number of nitrogens with zero attached hydrogens (tertiary/aromatic N) is 2. The Morgan fingerprint density at radius 1 is 1.41 bits per heavy atom. The van der Waals surface area contributed by atoms with E-state index in [9.17, 15) is 9.90 Å². The van der Waals surface area contributed by atoms with Gasteiger partial charge in [-0.15, -0.1) is 0 Å². The normalized spacial score (nSPS) is 24.8. The van der Waals surface area contributed by atoms with Crippen LogP contribution in [-0.4, -0.2) is 53.9 Å². The van der Waals surface area contributed by atoms with E-state index in [-0.39, 0.29) is 18.4 Å². The molecule has 1 amide bonds. The second-order valence-electron chi connectivity index (χ2n) is 8.08.